The van der Waals surface area contributed by atoms with Gasteiger partial charge in [-0.15, -0.1) is 0 Å². The molecule has 0 saturated heterocycles. The molecule has 0 radical (unpaired) electrons. The van der Waals surface area contributed by atoms with Crippen LogP contribution in [0, 0.1) is 11.3 Å². The van der Waals surface area contributed by atoms with E-state index in [1.165, 1.54) is 82.6 Å². The number of para-hydroxylation sites is 2. The van der Waals surface area contributed by atoms with Crippen molar-refractivity contribution < 1.29 is 0 Å². The Bertz CT molecular complexity index is 3330. The zero-order chi connectivity index (χ0) is 41.7. The van der Waals surface area contributed by atoms with Crippen molar-refractivity contribution in [2.24, 2.45) is 11.3 Å². The molecule has 0 amide bonds. The van der Waals surface area contributed by atoms with E-state index in [-0.39, 0.29) is 10.8 Å². The van der Waals surface area contributed by atoms with Crippen molar-refractivity contribution in [2.45, 2.75) is 52.4 Å². The van der Waals surface area contributed by atoms with Gasteiger partial charge in [-0.3, -0.25) is 0 Å². The van der Waals surface area contributed by atoms with E-state index in [0.717, 1.165) is 30.6 Å². The molecular weight excluding hydrogens is 749 g/mol. The van der Waals surface area contributed by atoms with Gasteiger partial charge in [0.2, 0.25) is 0 Å². The Hall–Kier alpha value is -6.90. The van der Waals surface area contributed by atoms with E-state index < -0.39 is 0 Å². The Morgan fingerprint density at radius 3 is 1.71 bits per heavy atom. The van der Waals surface area contributed by atoms with Gasteiger partial charge in [-0.05, 0) is 168 Å². The molecule has 0 fully saturated rings. The molecule has 300 valence electrons. The summed E-state index contributed by atoms with van der Waals surface area (Å²) in [4.78, 5) is 4.93. The molecule has 4 aliphatic carbocycles. The molecule has 1 atom stereocenters. The predicted octanol–water partition coefficient (Wildman–Crippen LogP) is 14.6. The SMILES string of the molecule is CC1(C)c2cc(N(c3ccccc3)c3ccc4ccccc4c3)ccc2-c2c1ccc1c2=CCC2C=1C1=C(C=C(N(c3ccccc3)c3ccc4ccccc4c3)CC1)C2(C)C. The van der Waals surface area contributed by atoms with Crippen LogP contribution < -0.4 is 20.2 Å². The molecule has 0 bridgehead atoms. The summed E-state index contributed by atoms with van der Waals surface area (Å²) in [5, 5.41) is 7.92. The lowest BCUT2D eigenvalue weighted by Crippen LogP contribution is -2.37. The molecule has 0 heterocycles. The number of rotatable bonds is 6. The molecule has 2 heteroatoms. The molecule has 0 aromatic heterocycles. The van der Waals surface area contributed by atoms with Gasteiger partial charge in [-0.25, -0.2) is 0 Å². The fourth-order valence-corrected chi connectivity index (χ4v) is 11.6. The fourth-order valence-electron chi connectivity index (χ4n) is 11.6. The van der Waals surface area contributed by atoms with Crippen LogP contribution in [0.25, 0.3) is 44.3 Å². The molecule has 12 rings (SSSR count). The molecule has 4 aliphatic rings. The van der Waals surface area contributed by atoms with Crippen LogP contribution in [-0.2, 0) is 5.41 Å². The molecule has 1 unspecified atom stereocenters. The topological polar surface area (TPSA) is 6.48 Å². The van der Waals surface area contributed by atoms with E-state index in [1.807, 2.05) is 0 Å². The Balaban J connectivity index is 0.993. The molecule has 0 spiro atoms. The third-order valence-electron chi connectivity index (χ3n) is 14.8. The van der Waals surface area contributed by atoms with Crippen molar-refractivity contribution in [1.82, 2.24) is 0 Å². The summed E-state index contributed by atoms with van der Waals surface area (Å²) >= 11 is 0. The van der Waals surface area contributed by atoms with Crippen LogP contribution in [0.3, 0.4) is 0 Å². The third-order valence-corrected chi connectivity index (χ3v) is 14.8. The third kappa shape index (κ3) is 5.55. The van der Waals surface area contributed by atoms with Gasteiger partial charge in [-0.1, -0.05) is 149 Å². The van der Waals surface area contributed by atoms with Crippen molar-refractivity contribution in [3.8, 4) is 11.1 Å². The maximum absolute atomic E-state index is 2.60. The Kier molecular flexibility index (Phi) is 8.22. The molecule has 2 nitrogen and oxygen atoms in total. The number of anilines is 5. The summed E-state index contributed by atoms with van der Waals surface area (Å²) in [5.41, 5.74) is 17.5. The van der Waals surface area contributed by atoms with Crippen LogP contribution in [0.15, 0.2) is 199 Å². The number of benzene rings is 8. The largest absolute Gasteiger partial charge is 0.314 e. The van der Waals surface area contributed by atoms with Crippen LogP contribution in [0.1, 0.15) is 58.1 Å². The molecule has 0 aliphatic heterocycles. The monoisotopic (exact) mass is 798 g/mol. The van der Waals surface area contributed by atoms with E-state index in [4.69, 9.17) is 0 Å². The lowest BCUT2D eigenvalue weighted by molar-refractivity contribution is 0.358. The Morgan fingerprint density at radius 2 is 1.05 bits per heavy atom. The highest BCUT2D eigenvalue weighted by Gasteiger charge is 2.46. The van der Waals surface area contributed by atoms with Gasteiger partial charge in [0.15, 0.2) is 0 Å². The van der Waals surface area contributed by atoms with Gasteiger partial charge in [0.25, 0.3) is 0 Å². The van der Waals surface area contributed by atoms with E-state index in [1.54, 1.807) is 11.1 Å². The summed E-state index contributed by atoms with van der Waals surface area (Å²) < 4.78 is 0. The maximum atomic E-state index is 2.60. The van der Waals surface area contributed by atoms with Crippen LogP contribution in [0.4, 0.5) is 28.4 Å². The second-order valence-electron chi connectivity index (χ2n) is 18.9. The first kappa shape index (κ1) is 36.9. The smallest absolute Gasteiger partial charge is 0.0468 e. The van der Waals surface area contributed by atoms with Gasteiger partial charge in [-0.2, -0.15) is 0 Å². The normalized spacial score (nSPS) is 17.7. The standard InChI is InChI=1S/C60H50N2/c1-59(2)53-33-31-50-49(57(53)51-29-27-47(37-55(51)59)61(43-19-7-5-8-20-43)45-25-23-39-15-11-13-17-41(39)35-45)32-34-54-58(50)52-30-28-48(38-56(52)60(54,3)4)62(44-21-9-6-10-22-44)46-26-24-40-16-12-14-18-42(40)36-46/h5-27,29,31-33,35-38,54H,28,30,34H2,1-4H3. The van der Waals surface area contributed by atoms with Crippen LogP contribution in [0.5, 0.6) is 0 Å². The highest BCUT2D eigenvalue weighted by molar-refractivity contribution is 5.92. The van der Waals surface area contributed by atoms with Gasteiger partial charge in [0.05, 0.1) is 0 Å². The number of hydrogen-bond acceptors (Lipinski definition) is 2. The summed E-state index contributed by atoms with van der Waals surface area (Å²) in [6.07, 6.45) is 8.26. The second-order valence-corrected chi connectivity index (χ2v) is 18.9. The van der Waals surface area contributed by atoms with Crippen LogP contribution in [-0.4, -0.2) is 0 Å². The minimum absolute atomic E-state index is 0.00498. The van der Waals surface area contributed by atoms with E-state index >= 15 is 0 Å². The van der Waals surface area contributed by atoms with E-state index in [9.17, 15) is 0 Å². The average molecular weight is 799 g/mol. The first-order chi connectivity index (χ1) is 30.3. The first-order valence-corrected chi connectivity index (χ1v) is 22.4. The van der Waals surface area contributed by atoms with Crippen molar-refractivity contribution in [2.75, 3.05) is 9.80 Å². The van der Waals surface area contributed by atoms with Gasteiger partial charge >= 0.3 is 0 Å². The minimum Gasteiger partial charge on any atom is -0.314 e. The van der Waals surface area contributed by atoms with Crippen LogP contribution >= 0.6 is 0 Å². The zero-order valence-corrected chi connectivity index (χ0v) is 36.0. The fraction of sp³-hybridized carbons (Fsp3) is 0.167. The van der Waals surface area contributed by atoms with Crippen molar-refractivity contribution >= 4 is 61.6 Å². The maximum Gasteiger partial charge on any atom is 0.0468 e. The molecule has 0 N–H and O–H groups in total. The Morgan fingerprint density at radius 1 is 0.484 bits per heavy atom. The highest BCUT2D eigenvalue weighted by Crippen LogP contribution is 2.58. The van der Waals surface area contributed by atoms with E-state index in [0.29, 0.717) is 5.92 Å². The van der Waals surface area contributed by atoms with Crippen molar-refractivity contribution in [3.63, 3.8) is 0 Å². The van der Waals surface area contributed by atoms with Gasteiger partial charge in [0, 0.05) is 39.5 Å². The quantitative estimate of drug-likeness (QED) is 0.165. The summed E-state index contributed by atoms with van der Waals surface area (Å²) in [6, 6.07) is 65.1. The lowest BCUT2D eigenvalue weighted by Gasteiger charge is -2.34. The number of allylic oxidation sites excluding steroid dienone is 4. The molecule has 8 aromatic carbocycles. The second kappa shape index (κ2) is 13.8. The summed E-state index contributed by atoms with van der Waals surface area (Å²) in [7, 11) is 0. The molecule has 0 saturated carbocycles. The number of nitrogens with zero attached hydrogens (tertiary/aromatic N) is 2. The zero-order valence-electron chi connectivity index (χ0n) is 36.0. The summed E-state index contributed by atoms with van der Waals surface area (Å²) in [5.74, 6) is 0.442. The van der Waals surface area contributed by atoms with Gasteiger partial charge < -0.3 is 9.80 Å². The average Bonchev–Trinajstić information content (AvgIpc) is 3.69. The molecule has 8 aromatic rings. The number of fused-ring (bicyclic) bond motifs is 9. The van der Waals surface area contributed by atoms with Crippen molar-refractivity contribution in [1.29, 1.82) is 0 Å². The lowest BCUT2D eigenvalue weighted by atomic mass is 9.72. The highest BCUT2D eigenvalue weighted by atomic mass is 15.2. The predicted molar refractivity (Wildman–Crippen MR) is 262 cm³/mol. The molecule has 62 heavy (non-hydrogen) atoms. The Labute approximate surface area is 365 Å². The van der Waals surface area contributed by atoms with Gasteiger partial charge in [0.1, 0.15) is 0 Å². The first-order valence-electron chi connectivity index (χ1n) is 22.4. The summed E-state index contributed by atoms with van der Waals surface area (Å²) in [6.45, 7) is 9.86. The number of hydrogen-bond donors (Lipinski definition) is 0. The van der Waals surface area contributed by atoms with E-state index in [2.05, 4.69) is 226 Å². The minimum atomic E-state index is -0.150. The van der Waals surface area contributed by atoms with Crippen molar-refractivity contribution in [3.05, 3.63) is 220 Å². The van der Waals surface area contributed by atoms with Crippen LogP contribution in [0.2, 0.25) is 0 Å². The molecular formula is C60H50N2.